The minimum atomic E-state index is -1.52. The van der Waals surface area contributed by atoms with Crippen molar-refractivity contribution in [3.05, 3.63) is 84.5 Å². The molecule has 11 heteroatoms. The summed E-state index contributed by atoms with van der Waals surface area (Å²) in [5.41, 5.74) is -0.224. The highest BCUT2D eigenvalue weighted by Crippen LogP contribution is 2.54. The third-order valence-electron chi connectivity index (χ3n) is 10.2. The molecule has 0 saturated carbocycles. The zero-order chi connectivity index (χ0) is 34.0. The molecule has 8 atom stereocenters. The fourth-order valence-corrected chi connectivity index (χ4v) is 7.51. The average molecular weight is 658 g/mol. The number of esters is 1. The van der Waals surface area contributed by atoms with Crippen LogP contribution in [0.15, 0.2) is 78.9 Å². The zero-order valence-corrected chi connectivity index (χ0v) is 27.5. The van der Waals surface area contributed by atoms with Gasteiger partial charge in [-0.15, -0.1) is 0 Å². The highest BCUT2D eigenvalue weighted by molar-refractivity contribution is 6.05. The first-order valence-electron chi connectivity index (χ1n) is 16.7. The first-order chi connectivity index (χ1) is 23.2. The molecule has 6 rings (SSSR count). The second-order valence-corrected chi connectivity index (χ2v) is 12.9. The Labute approximate surface area is 280 Å². The van der Waals surface area contributed by atoms with Crippen molar-refractivity contribution < 1.29 is 38.5 Å². The lowest BCUT2D eigenvalue weighted by Gasteiger charge is -2.40. The molecule has 4 heterocycles. The molecular weight excluding hydrogens is 614 g/mol. The lowest BCUT2D eigenvalue weighted by molar-refractivity contribution is -0.160. The smallest absolute Gasteiger partial charge is 0.313 e. The number of nitrogens with one attached hydrogen (secondary N) is 1. The van der Waals surface area contributed by atoms with Gasteiger partial charge in [-0.25, -0.2) is 0 Å². The molecule has 2 aromatic rings. The van der Waals surface area contributed by atoms with E-state index in [0.29, 0.717) is 29.8 Å². The number of carbonyl (C=O) groups excluding carboxylic acids is 4. The largest absolute Gasteiger partial charge is 0.497 e. The van der Waals surface area contributed by atoms with Gasteiger partial charge in [-0.1, -0.05) is 74.9 Å². The van der Waals surface area contributed by atoms with Crippen molar-refractivity contribution in [3.63, 3.8) is 0 Å². The number of allylic oxidation sites excluding steroid dienone is 1. The number of fused-ring (bicyclic) bond motifs is 2. The van der Waals surface area contributed by atoms with E-state index in [2.05, 4.69) is 5.32 Å². The zero-order valence-electron chi connectivity index (χ0n) is 27.5. The molecule has 0 bridgehead atoms. The Morgan fingerprint density at radius 2 is 1.79 bits per heavy atom. The van der Waals surface area contributed by atoms with Crippen molar-refractivity contribution in [1.82, 2.24) is 10.2 Å². The van der Waals surface area contributed by atoms with E-state index in [4.69, 9.17) is 14.2 Å². The summed E-state index contributed by atoms with van der Waals surface area (Å²) in [6.45, 7) is 3.79. The second-order valence-electron chi connectivity index (χ2n) is 12.9. The van der Waals surface area contributed by atoms with E-state index in [1.54, 1.807) is 60.6 Å². The predicted octanol–water partition coefficient (Wildman–Crippen LogP) is 3.34. The Kier molecular flexibility index (Phi) is 9.70. The monoisotopic (exact) mass is 657 g/mol. The van der Waals surface area contributed by atoms with E-state index in [1.165, 1.54) is 4.90 Å². The summed E-state index contributed by atoms with van der Waals surface area (Å²) >= 11 is 0. The number of methoxy groups -OCH3 is 1. The summed E-state index contributed by atoms with van der Waals surface area (Å²) in [6, 6.07) is 14.3. The van der Waals surface area contributed by atoms with Crippen molar-refractivity contribution in [1.29, 1.82) is 0 Å². The Balaban J connectivity index is 1.46. The number of anilines is 1. The number of likely N-dealkylation sites (tertiary alicyclic amines) is 1. The number of rotatable bonds is 7. The molecule has 2 fully saturated rings. The number of ether oxygens (including phenoxy) is 3. The molecule has 4 aliphatic heterocycles. The number of hydrogen-bond donors (Lipinski definition) is 2. The molecule has 254 valence electrons. The summed E-state index contributed by atoms with van der Waals surface area (Å²) in [5.74, 6) is -3.39. The predicted molar refractivity (Wildman–Crippen MR) is 177 cm³/mol. The van der Waals surface area contributed by atoms with Crippen molar-refractivity contribution in [3.8, 4) is 5.75 Å². The maximum atomic E-state index is 14.8. The molecule has 0 aromatic heterocycles. The maximum absolute atomic E-state index is 14.8. The minimum Gasteiger partial charge on any atom is -0.497 e. The summed E-state index contributed by atoms with van der Waals surface area (Å²) in [7, 11) is 1.56. The molecule has 2 aromatic carbocycles. The van der Waals surface area contributed by atoms with Crippen molar-refractivity contribution in [2.75, 3.05) is 31.7 Å². The molecule has 3 amide bonds. The molecule has 2 N–H and O–H groups in total. The summed E-state index contributed by atoms with van der Waals surface area (Å²) in [5, 5.41) is 13.6. The van der Waals surface area contributed by atoms with E-state index in [9.17, 15) is 24.3 Å². The van der Waals surface area contributed by atoms with Gasteiger partial charge in [0.2, 0.25) is 11.8 Å². The highest BCUT2D eigenvalue weighted by Gasteiger charge is 2.72. The van der Waals surface area contributed by atoms with Crippen molar-refractivity contribution in [2.24, 2.45) is 17.8 Å². The first-order valence-corrected chi connectivity index (χ1v) is 16.7. The van der Waals surface area contributed by atoms with Gasteiger partial charge < -0.3 is 34.4 Å². The van der Waals surface area contributed by atoms with Crippen LogP contribution in [-0.2, 0) is 28.7 Å². The van der Waals surface area contributed by atoms with Crippen LogP contribution in [-0.4, -0.2) is 84.3 Å². The fourth-order valence-electron chi connectivity index (χ4n) is 7.51. The van der Waals surface area contributed by atoms with Gasteiger partial charge in [0.25, 0.3) is 5.91 Å². The Hall–Kier alpha value is -4.48. The number of cyclic esters (lactones) is 1. The number of aliphatic hydroxyl groups excluding tert-OH is 1. The van der Waals surface area contributed by atoms with Gasteiger partial charge in [0.1, 0.15) is 29.4 Å². The Morgan fingerprint density at radius 1 is 1.04 bits per heavy atom. The minimum absolute atomic E-state index is 0.0604. The topological polar surface area (TPSA) is 135 Å². The molecule has 0 radical (unpaired) electrons. The van der Waals surface area contributed by atoms with Gasteiger partial charge >= 0.3 is 5.97 Å². The van der Waals surface area contributed by atoms with Gasteiger partial charge in [0.05, 0.1) is 38.3 Å². The Morgan fingerprint density at radius 3 is 2.48 bits per heavy atom. The van der Waals surface area contributed by atoms with Crippen LogP contribution in [0.2, 0.25) is 0 Å². The number of nitrogens with zero attached hydrogens (tertiary/aromatic N) is 2. The van der Waals surface area contributed by atoms with Gasteiger partial charge in [0.15, 0.2) is 0 Å². The number of amides is 3. The van der Waals surface area contributed by atoms with Crippen LogP contribution in [0.5, 0.6) is 5.75 Å². The van der Waals surface area contributed by atoms with E-state index >= 15 is 0 Å². The molecule has 1 spiro atoms. The normalized spacial score (nSPS) is 30.9. The van der Waals surface area contributed by atoms with Crippen LogP contribution in [0.3, 0.4) is 0 Å². The molecular formula is C37H43N3O8. The van der Waals surface area contributed by atoms with Crippen LogP contribution in [0.4, 0.5) is 5.69 Å². The summed E-state index contributed by atoms with van der Waals surface area (Å²) in [6.07, 6.45) is 6.60. The van der Waals surface area contributed by atoms with Crippen LogP contribution in [0.25, 0.3) is 0 Å². The molecule has 11 nitrogen and oxygen atoms in total. The molecule has 2 saturated heterocycles. The van der Waals surface area contributed by atoms with Crippen LogP contribution in [0, 0.1) is 17.8 Å². The SMILES string of the molecule is CC[C@H](C)[C@H](CO)N1C(=O)[C@H]2[C@@H]3C(=O)O[C@@H](c4ccccc4)CNC(=O)CC/C=C\[C@@H]3O[C@]23C=CCN(c2ccc(OC)cc2)C(=O)[C@H]13. The summed E-state index contributed by atoms with van der Waals surface area (Å²) in [4.78, 5) is 59.7. The van der Waals surface area contributed by atoms with Gasteiger partial charge in [-0.3, -0.25) is 19.2 Å². The third kappa shape index (κ3) is 5.90. The number of carbonyl (C=O) groups is 4. The molecule has 4 aliphatic rings. The van der Waals surface area contributed by atoms with Gasteiger partial charge in [-0.05, 0) is 42.2 Å². The van der Waals surface area contributed by atoms with E-state index in [1.807, 2.05) is 44.2 Å². The second kappa shape index (κ2) is 13.9. The van der Waals surface area contributed by atoms with Crippen LogP contribution < -0.4 is 15.0 Å². The average Bonchev–Trinajstić information content (AvgIpc) is 3.49. The number of benzene rings is 2. The number of hydrogen-bond acceptors (Lipinski definition) is 8. The molecule has 0 aliphatic carbocycles. The van der Waals surface area contributed by atoms with Crippen LogP contribution >= 0.6 is 0 Å². The molecule has 48 heavy (non-hydrogen) atoms. The highest BCUT2D eigenvalue weighted by atomic mass is 16.6. The van der Waals surface area contributed by atoms with E-state index < -0.39 is 53.6 Å². The Bertz CT molecular complexity index is 1580. The van der Waals surface area contributed by atoms with E-state index in [-0.39, 0.29) is 43.8 Å². The molecule has 0 unspecified atom stereocenters. The van der Waals surface area contributed by atoms with E-state index in [0.717, 1.165) is 0 Å². The van der Waals surface area contributed by atoms with Gasteiger partial charge in [-0.2, -0.15) is 0 Å². The lowest BCUT2D eigenvalue weighted by Crippen LogP contribution is -2.59. The fraction of sp³-hybridized carbons (Fsp3) is 0.459. The quantitative estimate of drug-likeness (QED) is 0.342. The third-order valence-corrected chi connectivity index (χ3v) is 10.2. The first kappa shape index (κ1) is 33.4. The van der Waals surface area contributed by atoms with Crippen molar-refractivity contribution in [2.45, 2.75) is 63.0 Å². The lowest BCUT2D eigenvalue weighted by atomic mass is 9.77. The summed E-state index contributed by atoms with van der Waals surface area (Å²) < 4.78 is 18.3. The van der Waals surface area contributed by atoms with Gasteiger partial charge in [0, 0.05) is 18.7 Å². The maximum Gasteiger partial charge on any atom is 0.313 e. The number of aliphatic hydroxyl groups is 1. The standard InChI is InChI=1S/C37H43N3O8/c1-4-23(2)27(22-41)40-33-35(44)39(25-15-17-26(46-3)18-16-25)20-10-19-37(33)32(34(40)43)31-28(48-37)13-8-9-14-30(42)38-21-29(47-36(31)45)24-11-6-5-7-12-24/h5-8,10-13,15-19,23,27-29,31-33,41H,4,9,14,20-22H2,1-3H3,(H,38,42)/b13-8-/t23-,27-,28-,29+,31+,32+,33-,37+/m0/s1. The van der Waals surface area contributed by atoms with Crippen molar-refractivity contribution >= 4 is 29.4 Å². The van der Waals surface area contributed by atoms with Crippen LogP contribution in [0.1, 0.15) is 44.8 Å².